The maximum Gasteiger partial charge on any atom is 0.255 e. The van der Waals surface area contributed by atoms with Gasteiger partial charge in [0.2, 0.25) is 0 Å². The van der Waals surface area contributed by atoms with Crippen molar-refractivity contribution in [2.75, 3.05) is 11.1 Å². The lowest BCUT2D eigenvalue weighted by atomic mass is 10.1. The van der Waals surface area contributed by atoms with Gasteiger partial charge in [0.05, 0.1) is 10.7 Å². The SMILES string of the molecule is Cc1cc(N)c(Cl)cc1NC(=O)c1cc(Br)cc(Br)c1. The van der Waals surface area contributed by atoms with E-state index in [4.69, 9.17) is 17.3 Å². The molecule has 0 aliphatic rings. The van der Waals surface area contributed by atoms with E-state index in [2.05, 4.69) is 37.2 Å². The lowest BCUT2D eigenvalue weighted by Gasteiger charge is -2.11. The number of nitrogens with two attached hydrogens (primary N) is 1. The minimum absolute atomic E-state index is 0.212. The van der Waals surface area contributed by atoms with Crippen molar-refractivity contribution in [1.82, 2.24) is 0 Å². The molecule has 0 aliphatic heterocycles. The van der Waals surface area contributed by atoms with Gasteiger partial charge in [0.25, 0.3) is 5.91 Å². The maximum atomic E-state index is 12.2. The fraction of sp³-hybridized carbons (Fsp3) is 0.0714. The summed E-state index contributed by atoms with van der Waals surface area (Å²) in [7, 11) is 0. The zero-order valence-corrected chi connectivity index (χ0v) is 14.4. The van der Waals surface area contributed by atoms with E-state index < -0.39 is 0 Å². The third kappa shape index (κ3) is 3.53. The standard InChI is InChI=1S/C14H11Br2ClN2O/c1-7-2-12(18)11(17)6-13(7)19-14(20)8-3-9(15)5-10(16)4-8/h2-6H,18H2,1H3,(H,19,20). The van der Waals surface area contributed by atoms with Crippen LogP contribution in [0.2, 0.25) is 5.02 Å². The van der Waals surface area contributed by atoms with Crippen LogP contribution in [-0.2, 0) is 0 Å². The molecule has 0 saturated heterocycles. The van der Waals surface area contributed by atoms with Crippen molar-refractivity contribution in [3.63, 3.8) is 0 Å². The van der Waals surface area contributed by atoms with E-state index in [1.54, 1.807) is 24.3 Å². The number of nitrogens with one attached hydrogen (secondary N) is 1. The molecular formula is C14H11Br2ClN2O. The van der Waals surface area contributed by atoms with Crippen molar-refractivity contribution >= 4 is 60.7 Å². The second kappa shape index (κ2) is 6.16. The number of benzene rings is 2. The van der Waals surface area contributed by atoms with E-state index >= 15 is 0 Å². The topological polar surface area (TPSA) is 55.1 Å². The van der Waals surface area contributed by atoms with Gasteiger partial charge in [0, 0.05) is 20.2 Å². The molecule has 0 heterocycles. The van der Waals surface area contributed by atoms with Crippen molar-refractivity contribution in [1.29, 1.82) is 0 Å². The molecule has 0 saturated carbocycles. The Labute approximate surface area is 138 Å². The minimum atomic E-state index is -0.212. The summed E-state index contributed by atoms with van der Waals surface area (Å²) in [6.45, 7) is 1.86. The van der Waals surface area contributed by atoms with E-state index in [9.17, 15) is 4.79 Å². The van der Waals surface area contributed by atoms with Crippen molar-refractivity contribution < 1.29 is 4.79 Å². The molecule has 0 unspecified atom stereocenters. The zero-order chi connectivity index (χ0) is 14.9. The molecule has 3 N–H and O–H groups in total. The Hall–Kier alpha value is -1.04. The number of carbonyl (C=O) groups excluding carboxylic acids is 1. The van der Waals surface area contributed by atoms with Crippen LogP contribution < -0.4 is 11.1 Å². The fourth-order valence-electron chi connectivity index (χ4n) is 1.72. The van der Waals surface area contributed by atoms with Gasteiger partial charge >= 0.3 is 0 Å². The number of halogens is 3. The molecule has 0 fully saturated rings. The first-order valence-electron chi connectivity index (χ1n) is 5.70. The number of hydrogen-bond acceptors (Lipinski definition) is 2. The largest absolute Gasteiger partial charge is 0.398 e. The molecule has 1 amide bonds. The highest BCUT2D eigenvalue weighted by Gasteiger charge is 2.11. The van der Waals surface area contributed by atoms with Crippen LogP contribution in [0.15, 0.2) is 39.3 Å². The summed E-state index contributed by atoms with van der Waals surface area (Å²) in [5, 5.41) is 3.25. The first-order valence-corrected chi connectivity index (χ1v) is 7.66. The summed E-state index contributed by atoms with van der Waals surface area (Å²) in [5.41, 5.74) is 8.25. The van der Waals surface area contributed by atoms with Crippen LogP contribution in [-0.4, -0.2) is 5.91 Å². The number of aryl methyl sites for hydroxylation is 1. The number of anilines is 2. The van der Waals surface area contributed by atoms with Crippen LogP contribution in [0, 0.1) is 6.92 Å². The molecule has 6 heteroatoms. The molecule has 0 spiro atoms. The summed E-state index contributed by atoms with van der Waals surface area (Å²) in [6.07, 6.45) is 0. The third-order valence-corrected chi connectivity index (χ3v) is 3.96. The van der Waals surface area contributed by atoms with Crippen LogP contribution in [0.25, 0.3) is 0 Å². The maximum absolute atomic E-state index is 12.2. The fourth-order valence-corrected chi connectivity index (χ4v) is 3.18. The van der Waals surface area contributed by atoms with Crippen LogP contribution in [0.5, 0.6) is 0 Å². The van der Waals surface area contributed by atoms with Crippen LogP contribution in [0.4, 0.5) is 11.4 Å². The minimum Gasteiger partial charge on any atom is -0.398 e. The van der Waals surface area contributed by atoms with Gasteiger partial charge in [0.1, 0.15) is 0 Å². The molecule has 2 rings (SSSR count). The second-order valence-corrected chi connectivity index (χ2v) is 6.54. The van der Waals surface area contributed by atoms with Gasteiger partial charge in [-0.1, -0.05) is 43.5 Å². The average molecular weight is 419 g/mol. The van der Waals surface area contributed by atoms with E-state index in [0.29, 0.717) is 22.0 Å². The van der Waals surface area contributed by atoms with Crippen molar-refractivity contribution in [3.8, 4) is 0 Å². The first-order chi connectivity index (χ1) is 9.36. The second-order valence-electron chi connectivity index (χ2n) is 4.30. The normalized spacial score (nSPS) is 10.4. The Morgan fingerprint density at radius 2 is 1.75 bits per heavy atom. The average Bonchev–Trinajstić information content (AvgIpc) is 2.34. The predicted octanol–water partition coefficient (Wildman–Crippen LogP) is 5.01. The van der Waals surface area contributed by atoms with Crippen molar-refractivity contribution in [3.05, 3.63) is 55.4 Å². The Morgan fingerprint density at radius 1 is 1.15 bits per heavy atom. The van der Waals surface area contributed by atoms with Gasteiger partial charge in [-0.05, 0) is 42.8 Å². The highest BCUT2D eigenvalue weighted by Crippen LogP contribution is 2.27. The molecule has 2 aromatic carbocycles. The molecule has 0 aliphatic carbocycles. The monoisotopic (exact) mass is 416 g/mol. The van der Waals surface area contributed by atoms with Gasteiger partial charge in [-0.25, -0.2) is 0 Å². The summed E-state index contributed by atoms with van der Waals surface area (Å²) in [4.78, 5) is 12.2. The van der Waals surface area contributed by atoms with E-state index in [0.717, 1.165) is 14.5 Å². The molecule has 20 heavy (non-hydrogen) atoms. The summed E-state index contributed by atoms with van der Waals surface area (Å²) in [5.74, 6) is -0.212. The highest BCUT2D eigenvalue weighted by atomic mass is 79.9. The number of hydrogen-bond donors (Lipinski definition) is 2. The van der Waals surface area contributed by atoms with Crippen LogP contribution in [0.3, 0.4) is 0 Å². The van der Waals surface area contributed by atoms with Crippen LogP contribution in [0.1, 0.15) is 15.9 Å². The Bertz CT molecular complexity index is 669. The number of nitrogen functional groups attached to an aromatic ring is 1. The predicted molar refractivity (Wildman–Crippen MR) is 90.4 cm³/mol. The number of rotatable bonds is 2. The molecule has 0 radical (unpaired) electrons. The number of carbonyl (C=O) groups is 1. The van der Waals surface area contributed by atoms with E-state index in [1.807, 2.05) is 13.0 Å². The summed E-state index contributed by atoms with van der Waals surface area (Å²) in [6, 6.07) is 8.73. The van der Waals surface area contributed by atoms with Crippen molar-refractivity contribution in [2.24, 2.45) is 0 Å². The molecule has 2 aromatic rings. The molecule has 0 aromatic heterocycles. The van der Waals surface area contributed by atoms with Gasteiger partial charge in [-0.15, -0.1) is 0 Å². The van der Waals surface area contributed by atoms with Gasteiger partial charge in [-0.3, -0.25) is 4.79 Å². The van der Waals surface area contributed by atoms with Crippen LogP contribution >= 0.6 is 43.5 Å². The Kier molecular flexibility index (Phi) is 4.73. The molecule has 3 nitrogen and oxygen atoms in total. The molecular weight excluding hydrogens is 407 g/mol. The molecule has 0 bridgehead atoms. The smallest absolute Gasteiger partial charge is 0.255 e. The quantitative estimate of drug-likeness (QED) is 0.674. The Balaban J connectivity index is 2.30. The van der Waals surface area contributed by atoms with E-state index in [1.165, 1.54) is 0 Å². The summed E-state index contributed by atoms with van der Waals surface area (Å²) < 4.78 is 1.65. The first kappa shape index (κ1) is 15.4. The molecule has 104 valence electrons. The summed E-state index contributed by atoms with van der Waals surface area (Å²) >= 11 is 12.7. The van der Waals surface area contributed by atoms with Crippen molar-refractivity contribution in [2.45, 2.75) is 6.92 Å². The van der Waals surface area contributed by atoms with Gasteiger partial charge < -0.3 is 11.1 Å². The van der Waals surface area contributed by atoms with E-state index in [-0.39, 0.29) is 5.91 Å². The van der Waals surface area contributed by atoms with Gasteiger partial charge in [-0.2, -0.15) is 0 Å². The zero-order valence-electron chi connectivity index (χ0n) is 10.5. The lowest BCUT2D eigenvalue weighted by molar-refractivity contribution is 0.102. The third-order valence-electron chi connectivity index (χ3n) is 2.72. The molecule has 0 atom stereocenters. The van der Waals surface area contributed by atoms with Gasteiger partial charge in [0.15, 0.2) is 0 Å². The highest BCUT2D eigenvalue weighted by molar-refractivity contribution is 9.11. The Morgan fingerprint density at radius 3 is 2.35 bits per heavy atom. The lowest BCUT2D eigenvalue weighted by Crippen LogP contribution is -2.13. The number of amides is 1.